The van der Waals surface area contributed by atoms with Gasteiger partial charge in [0.05, 0.1) is 5.60 Å². The summed E-state index contributed by atoms with van der Waals surface area (Å²) in [6.07, 6.45) is 6.92. The lowest BCUT2D eigenvalue weighted by Crippen LogP contribution is -2.47. The van der Waals surface area contributed by atoms with Crippen molar-refractivity contribution in [2.24, 2.45) is 5.92 Å². The van der Waals surface area contributed by atoms with E-state index in [4.69, 9.17) is 4.42 Å². The van der Waals surface area contributed by atoms with Crippen LogP contribution in [0.5, 0.6) is 0 Å². The SMILES string of the molecule is CC1CC1c1ccc(C=CC(=O)NCC2(O)CCC2)o1. The molecular weight excluding hydrogens is 254 g/mol. The van der Waals surface area contributed by atoms with Gasteiger partial charge < -0.3 is 14.8 Å². The van der Waals surface area contributed by atoms with E-state index in [1.165, 1.54) is 12.5 Å². The van der Waals surface area contributed by atoms with Gasteiger partial charge in [-0.1, -0.05) is 6.92 Å². The van der Waals surface area contributed by atoms with Crippen molar-refractivity contribution in [2.75, 3.05) is 6.54 Å². The first-order valence-corrected chi connectivity index (χ1v) is 7.34. The number of hydrogen-bond acceptors (Lipinski definition) is 3. The quantitative estimate of drug-likeness (QED) is 0.811. The molecule has 2 atom stereocenters. The molecule has 4 heteroatoms. The van der Waals surface area contributed by atoms with E-state index in [-0.39, 0.29) is 5.91 Å². The molecule has 0 aromatic carbocycles. The standard InChI is InChI=1S/C16H21NO3/c1-11-9-13(11)14-5-3-12(20-14)4-6-15(18)17-10-16(19)7-2-8-16/h3-6,11,13,19H,2,7-10H2,1H3,(H,17,18). The van der Waals surface area contributed by atoms with Crippen molar-refractivity contribution < 1.29 is 14.3 Å². The van der Waals surface area contributed by atoms with Gasteiger partial charge in [-0.25, -0.2) is 0 Å². The van der Waals surface area contributed by atoms with Crippen molar-refractivity contribution in [2.45, 2.75) is 44.1 Å². The van der Waals surface area contributed by atoms with Crippen LogP contribution < -0.4 is 5.32 Å². The molecule has 2 N–H and O–H groups in total. The molecule has 3 rings (SSSR count). The zero-order valence-electron chi connectivity index (χ0n) is 11.8. The van der Waals surface area contributed by atoms with E-state index in [1.54, 1.807) is 6.08 Å². The highest BCUT2D eigenvalue weighted by Crippen LogP contribution is 2.47. The zero-order chi connectivity index (χ0) is 14.2. The minimum Gasteiger partial charge on any atom is -0.461 e. The Kier molecular flexibility index (Phi) is 3.42. The molecule has 0 radical (unpaired) electrons. The van der Waals surface area contributed by atoms with Gasteiger partial charge in [0.15, 0.2) is 0 Å². The predicted octanol–water partition coefficient (Wildman–Crippen LogP) is 2.45. The lowest BCUT2D eigenvalue weighted by molar-refractivity contribution is -0.118. The second-order valence-electron chi connectivity index (χ2n) is 6.19. The molecule has 2 aliphatic rings. The fourth-order valence-corrected chi connectivity index (χ4v) is 2.61. The van der Waals surface area contributed by atoms with Crippen molar-refractivity contribution in [3.8, 4) is 0 Å². The minimum atomic E-state index is -0.677. The third-order valence-electron chi connectivity index (χ3n) is 4.40. The molecule has 1 heterocycles. The number of carbonyl (C=O) groups excluding carboxylic acids is 1. The smallest absolute Gasteiger partial charge is 0.244 e. The lowest BCUT2D eigenvalue weighted by Gasteiger charge is -2.36. The Morgan fingerprint density at radius 3 is 2.90 bits per heavy atom. The van der Waals surface area contributed by atoms with Gasteiger partial charge >= 0.3 is 0 Å². The summed E-state index contributed by atoms with van der Waals surface area (Å²) in [5, 5.41) is 12.6. The summed E-state index contributed by atoms with van der Waals surface area (Å²) in [6.45, 7) is 2.54. The maximum Gasteiger partial charge on any atom is 0.244 e. The highest BCUT2D eigenvalue weighted by molar-refractivity contribution is 5.91. The number of furan rings is 1. The molecule has 1 aromatic heterocycles. The summed E-state index contributed by atoms with van der Waals surface area (Å²) in [5.41, 5.74) is -0.677. The van der Waals surface area contributed by atoms with Gasteiger partial charge in [0.2, 0.25) is 5.91 Å². The normalized spacial score (nSPS) is 27.3. The van der Waals surface area contributed by atoms with Crippen LogP contribution in [0.1, 0.15) is 50.0 Å². The molecule has 0 aliphatic heterocycles. The van der Waals surface area contributed by atoms with Gasteiger partial charge in [-0.2, -0.15) is 0 Å². The van der Waals surface area contributed by atoms with Crippen LogP contribution in [0.4, 0.5) is 0 Å². The molecule has 2 saturated carbocycles. The van der Waals surface area contributed by atoms with Crippen molar-refractivity contribution in [3.05, 3.63) is 29.7 Å². The Balaban J connectivity index is 1.49. The molecule has 0 saturated heterocycles. The Morgan fingerprint density at radius 1 is 1.55 bits per heavy atom. The molecule has 2 unspecified atom stereocenters. The molecule has 2 fully saturated rings. The number of nitrogens with one attached hydrogen (secondary N) is 1. The first-order valence-electron chi connectivity index (χ1n) is 7.34. The summed E-state index contributed by atoms with van der Waals surface area (Å²) in [6, 6.07) is 3.88. The van der Waals surface area contributed by atoms with Crippen molar-refractivity contribution in [1.82, 2.24) is 5.32 Å². The predicted molar refractivity (Wildman–Crippen MR) is 76.1 cm³/mol. The van der Waals surface area contributed by atoms with E-state index in [2.05, 4.69) is 12.2 Å². The first kappa shape index (κ1) is 13.4. The van der Waals surface area contributed by atoms with Gasteiger partial charge in [-0.15, -0.1) is 0 Å². The maximum absolute atomic E-state index is 11.7. The van der Waals surface area contributed by atoms with Crippen LogP contribution in [0.2, 0.25) is 0 Å². The molecule has 108 valence electrons. The van der Waals surface area contributed by atoms with Crippen LogP contribution in [-0.4, -0.2) is 23.2 Å². The molecule has 1 aromatic rings. The third kappa shape index (κ3) is 2.96. The summed E-state index contributed by atoms with van der Waals surface area (Å²) in [4.78, 5) is 11.7. The minimum absolute atomic E-state index is 0.192. The fraction of sp³-hybridized carbons (Fsp3) is 0.562. The highest BCUT2D eigenvalue weighted by Gasteiger charge is 2.36. The van der Waals surface area contributed by atoms with Crippen LogP contribution in [0.3, 0.4) is 0 Å². The first-order chi connectivity index (χ1) is 9.56. The van der Waals surface area contributed by atoms with Crippen LogP contribution in [-0.2, 0) is 4.79 Å². The molecule has 20 heavy (non-hydrogen) atoms. The molecular formula is C16H21NO3. The van der Waals surface area contributed by atoms with Crippen molar-refractivity contribution in [1.29, 1.82) is 0 Å². The highest BCUT2D eigenvalue weighted by atomic mass is 16.3. The van der Waals surface area contributed by atoms with Gasteiger partial charge in [0, 0.05) is 18.5 Å². The van der Waals surface area contributed by atoms with Crippen LogP contribution >= 0.6 is 0 Å². The Bertz CT molecular complexity index is 528. The van der Waals surface area contributed by atoms with Crippen molar-refractivity contribution >= 4 is 12.0 Å². The van der Waals surface area contributed by atoms with Gasteiger partial charge in [-0.05, 0) is 49.8 Å². The van der Waals surface area contributed by atoms with Crippen LogP contribution in [0.15, 0.2) is 22.6 Å². The number of carbonyl (C=O) groups is 1. The van der Waals surface area contributed by atoms with Crippen LogP contribution in [0, 0.1) is 5.92 Å². The van der Waals surface area contributed by atoms with E-state index in [0.717, 1.165) is 25.0 Å². The maximum atomic E-state index is 11.7. The van der Waals surface area contributed by atoms with E-state index in [9.17, 15) is 9.90 Å². The Labute approximate surface area is 118 Å². The van der Waals surface area contributed by atoms with E-state index in [0.29, 0.717) is 24.1 Å². The van der Waals surface area contributed by atoms with Gasteiger partial charge in [0.1, 0.15) is 11.5 Å². The second kappa shape index (κ2) is 5.09. The van der Waals surface area contributed by atoms with Gasteiger partial charge in [0.25, 0.3) is 0 Å². The number of hydrogen-bond donors (Lipinski definition) is 2. The zero-order valence-corrected chi connectivity index (χ0v) is 11.8. The van der Waals surface area contributed by atoms with Crippen molar-refractivity contribution in [3.63, 3.8) is 0 Å². The Hall–Kier alpha value is -1.55. The second-order valence-corrected chi connectivity index (χ2v) is 6.19. The summed E-state index contributed by atoms with van der Waals surface area (Å²) in [7, 11) is 0. The molecule has 4 nitrogen and oxygen atoms in total. The molecule has 0 bridgehead atoms. The lowest BCUT2D eigenvalue weighted by atomic mass is 9.80. The van der Waals surface area contributed by atoms with Crippen LogP contribution in [0.25, 0.3) is 6.08 Å². The van der Waals surface area contributed by atoms with E-state index in [1.807, 2.05) is 12.1 Å². The number of aliphatic hydroxyl groups is 1. The fourth-order valence-electron chi connectivity index (χ4n) is 2.61. The number of amides is 1. The average Bonchev–Trinajstić information content (AvgIpc) is 2.94. The average molecular weight is 275 g/mol. The molecule has 1 amide bonds. The third-order valence-corrected chi connectivity index (χ3v) is 4.40. The Morgan fingerprint density at radius 2 is 2.30 bits per heavy atom. The summed E-state index contributed by atoms with van der Waals surface area (Å²) < 4.78 is 5.69. The largest absolute Gasteiger partial charge is 0.461 e. The number of rotatable bonds is 5. The van der Waals surface area contributed by atoms with Gasteiger partial charge in [-0.3, -0.25) is 4.79 Å². The van der Waals surface area contributed by atoms with E-state index >= 15 is 0 Å². The summed E-state index contributed by atoms with van der Waals surface area (Å²) >= 11 is 0. The van der Waals surface area contributed by atoms with E-state index < -0.39 is 5.60 Å². The summed E-state index contributed by atoms with van der Waals surface area (Å²) in [5.74, 6) is 2.80. The monoisotopic (exact) mass is 275 g/mol. The topological polar surface area (TPSA) is 62.5 Å². The molecule has 2 aliphatic carbocycles. The molecule has 0 spiro atoms.